The maximum Gasteiger partial charge on any atom is 0.232 e. The molecule has 1 amide bonds. The number of carbonyl (C=O) groups is 2. The van der Waals surface area contributed by atoms with Gasteiger partial charge in [0.15, 0.2) is 11.7 Å². The van der Waals surface area contributed by atoms with E-state index in [1.807, 2.05) is 0 Å². The van der Waals surface area contributed by atoms with E-state index < -0.39 is 0 Å². The van der Waals surface area contributed by atoms with Crippen LogP contribution in [0.4, 0.5) is 5.69 Å². The van der Waals surface area contributed by atoms with E-state index in [1.54, 1.807) is 38.1 Å². The molecule has 0 fully saturated rings. The molecule has 104 valence electrons. The zero-order valence-corrected chi connectivity index (χ0v) is 11.7. The minimum Gasteiger partial charge on any atom is -0.445 e. The first-order valence-electron chi connectivity index (χ1n) is 6.29. The van der Waals surface area contributed by atoms with Crippen LogP contribution in [0.2, 0.25) is 0 Å². The lowest BCUT2D eigenvalue weighted by molar-refractivity contribution is -0.115. The Labute approximate surface area is 117 Å². The Kier molecular flexibility index (Phi) is 3.98. The average Bonchev–Trinajstić information content (AvgIpc) is 2.67. The minimum absolute atomic E-state index is 0.0391. The lowest BCUT2D eigenvalue weighted by Gasteiger charge is -2.05. The Balaban J connectivity index is 2.06. The number of benzene rings is 1. The van der Waals surface area contributed by atoms with E-state index in [-0.39, 0.29) is 18.1 Å². The SMILES string of the molecule is CC(=O)c1cccc(NC(=O)Cc2oc(C)nc2C)c1. The van der Waals surface area contributed by atoms with Crippen LogP contribution in [0.5, 0.6) is 0 Å². The fourth-order valence-corrected chi connectivity index (χ4v) is 1.90. The predicted molar refractivity (Wildman–Crippen MR) is 74.8 cm³/mol. The van der Waals surface area contributed by atoms with Gasteiger partial charge in [-0.05, 0) is 26.0 Å². The Morgan fingerprint density at radius 3 is 2.65 bits per heavy atom. The summed E-state index contributed by atoms with van der Waals surface area (Å²) >= 11 is 0. The smallest absolute Gasteiger partial charge is 0.232 e. The van der Waals surface area contributed by atoms with Gasteiger partial charge < -0.3 is 9.73 Å². The largest absolute Gasteiger partial charge is 0.445 e. The number of hydrogen-bond donors (Lipinski definition) is 1. The van der Waals surface area contributed by atoms with Gasteiger partial charge in [0.2, 0.25) is 5.91 Å². The van der Waals surface area contributed by atoms with Crippen LogP contribution in [0.1, 0.15) is 34.6 Å². The van der Waals surface area contributed by atoms with Gasteiger partial charge in [-0.1, -0.05) is 12.1 Å². The van der Waals surface area contributed by atoms with Crippen molar-refractivity contribution in [2.75, 3.05) is 5.32 Å². The summed E-state index contributed by atoms with van der Waals surface area (Å²) in [6.45, 7) is 5.03. The van der Waals surface area contributed by atoms with Gasteiger partial charge in [0.05, 0.1) is 12.1 Å². The highest BCUT2D eigenvalue weighted by molar-refractivity contribution is 5.97. The van der Waals surface area contributed by atoms with E-state index in [9.17, 15) is 9.59 Å². The Morgan fingerprint density at radius 2 is 2.05 bits per heavy atom. The zero-order valence-electron chi connectivity index (χ0n) is 11.7. The van der Waals surface area contributed by atoms with Crippen molar-refractivity contribution in [3.8, 4) is 0 Å². The summed E-state index contributed by atoms with van der Waals surface area (Å²) in [6.07, 6.45) is 0.122. The predicted octanol–water partition coefficient (Wildman–Crippen LogP) is 2.68. The first kappa shape index (κ1) is 14.0. The number of carbonyl (C=O) groups excluding carboxylic acids is 2. The monoisotopic (exact) mass is 272 g/mol. The van der Waals surface area contributed by atoms with Crippen molar-refractivity contribution in [3.63, 3.8) is 0 Å². The zero-order chi connectivity index (χ0) is 14.7. The topological polar surface area (TPSA) is 72.2 Å². The van der Waals surface area contributed by atoms with Gasteiger partial charge in [0, 0.05) is 18.2 Å². The second-order valence-corrected chi connectivity index (χ2v) is 4.60. The molecule has 0 radical (unpaired) electrons. The lowest BCUT2D eigenvalue weighted by atomic mass is 10.1. The van der Waals surface area contributed by atoms with Gasteiger partial charge in [-0.25, -0.2) is 4.98 Å². The number of hydrogen-bond acceptors (Lipinski definition) is 4. The standard InChI is InChI=1S/C15H16N2O3/c1-9-14(20-11(3)16-9)8-15(19)17-13-6-4-5-12(7-13)10(2)18/h4-7H,8H2,1-3H3,(H,17,19). The summed E-state index contributed by atoms with van der Waals surface area (Å²) in [5.41, 5.74) is 1.88. The molecular formula is C15H16N2O3. The highest BCUT2D eigenvalue weighted by Gasteiger charge is 2.12. The number of aromatic nitrogens is 1. The Hall–Kier alpha value is -2.43. The quantitative estimate of drug-likeness (QED) is 0.868. The van der Waals surface area contributed by atoms with Crippen LogP contribution < -0.4 is 5.32 Å². The van der Waals surface area contributed by atoms with Gasteiger partial charge in [-0.3, -0.25) is 9.59 Å². The van der Waals surface area contributed by atoms with Gasteiger partial charge in [0.1, 0.15) is 5.76 Å². The summed E-state index contributed by atoms with van der Waals surface area (Å²) in [5.74, 6) is 0.861. The van der Waals surface area contributed by atoms with Crippen molar-refractivity contribution < 1.29 is 14.0 Å². The van der Waals surface area contributed by atoms with Crippen molar-refractivity contribution in [2.45, 2.75) is 27.2 Å². The maximum absolute atomic E-state index is 11.9. The number of ketones is 1. The molecule has 2 rings (SSSR count). The van der Waals surface area contributed by atoms with E-state index in [2.05, 4.69) is 10.3 Å². The van der Waals surface area contributed by atoms with Crippen LogP contribution in [0.15, 0.2) is 28.7 Å². The van der Waals surface area contributed by atoms with Crippen molar-refractivity contribution in [2.24, 2.45) is 0 Å². The van der Waals surface area contributed by atoms with Crippen LogP contribution >= 0.6 is 0 Å². The first-order valence-corrected chi connectivity index (χ1v) is 6.29. The van der Waals surface area contributed by atoms with E-state index in [0.29, 0.717) is 22.9 Å². The molecule has 0 aliphatic rings. The second kappa shape index (κ2) is 5.69. The van der Waals surface area contributed by atoms with Crippen LogP contribution in [0, 0.1) is 13.8 Å². The van der Waals surface area contributed by atoms with E-state index in [4.69, 9.17) is 4.42 Å². The normalized spacial score (nSPS) is 10.3. The molecule has 0 saturated heterocycles. The van der Waals surface area contributed by atoms with Crippen molar-refractivity contribution in [3.05, 3.63) is 47.2 Å². The molecule has 0 spiro atoms. The van der Waals surface area contributed by atoms with Crippen molar-refractivity contribution in [1.82, 2.24) is 4.98 Å². The number of nitrogens with one attached hydrogen (secondary N) is 1. The molecule has 1 heterocycles. The van der Waals surface area contributed by atoms with Gasteiger partial charge in [-0.15, -0.1) is 0 Å². The molecule has 20 heavy (non-hydrogen) atoms. The summed E-state index contributed by atoms with van der Waals surface area (Å²) in [6, 6.07) is 6.83. The van der Waals surface area contributed by atoms with Crippen LogP contribution in [0.3, 0.4) is 0 Å². The molecule has 1 aromatic heterocycles. The molecule has 0 aliphatic heterocycles. The van der Waals surface area contributed by atoms with E-state index in [1.165, 1.54) is 6.92 Å². The summed E-state index contributed by atoms with van der Waals surface area (Å²) in [5, 5.41) is 2.74. The maximum atomic E-state index is 11.9. The minimum atomic E-state index is -0.204. The number of aryl methyl sites for hydroxylation is 2. The Bertz CT molecular complexity index is 659. The third-order valence-corrected chi connectivity index (χ3v) is 2.87. The summed E-state index contributed by atoms with van der Waals surface area (Å²) in [4.78, 5) is 27.3. The molecule has 5 nitrogen and oxygen atoms in total. The van der Waals surface area contributed by atoms with Gasteiger partial charge in [0.25, 0.3) is 0 Å². The molecule has 0 saturated carbocycles. The Morgan fingerprint density at radius 1 is 1.30 bits per heavy atom. The number of Topliss-reactive ketones (excluding diaryl/α,β-unsaturated/α-hetero) is 1. The second-order valence-electron chi connectivity index (χ2n) is 4.60. The average molecular weight is 272 g/mol. The molecule has 2 aromatic rings. The fourth-order valence-electron chi connectivity index (χ4n) is 1.90. The molecule has 0 bridgehead atoms. The number of oxazole rings is 1. The summed E-state index contributed by atoms with van der Waals surface area (Å²) in [7, 11) is 0. The van der Waals surface area contributed by atoms with Gasteiger partial charge in [-0.2, -0.15) is 0 Å². The van der Waals surface area contributed by atoms with Crippen molar-refractivity contribution >= 4 is 17.4 Å². The molecule has 0 aliphatic carbocycles. The van der Waals surface area contributed by atoms with E-state index in [0.717, 1.165) is 5.69 Å². The highest BCUT2D eigenvalue weighted by atomic mass is 16.4. The number of rotatable bonds is 4. The molecule has 1 N–H and O–H groups in total. The molecule has 1 aromatic carbocycles. The van der Waals surface area contributed by atoms with Crippen LogP contribution in [-0.4, -0.2) is 16.7 Å². The van der Waals surface area contributed by atoms with E-state index >= 15 is 0 Å². The fraction of sp³-hybridized carbons (Fsp3) is 0.267. The molecule has 0 unspecified atom stereocenters. The molecular weight excluding hydrogens is 256 g/mol. The number of anilines is 1. The number of nitrogens with zero attached hydrogens (tertiary/aromatic N) is 1. The first-order chi connectivity index (χ1) is 9.45. The lowest BCUT2D eigenvalue weighted by Crippen LogP contribution is -2.14. The third kappa shape index (κ3) is 3.32. The van der Waals surface area contributed by atoms with Gasteiger partial charge >= 0.3 is 0 Å². The highest BCUT2D eigenvalue weighted by Crippen LogP contribution is 2.14. The van der Waals surface area contributed by atoms with Crippen LogP contribution in [0.25, 0.3) is 0 Å². The third-order valence-electron chi connectivity index (χ3n) is 2.87. The van der Waals surface area contributed by atoms with Crippen molar-refractivity contribution in [1.29, 1.82) is 0 Å². The number of amides is 1. The summed E-state index contributed by atoms with van der Waals surface area (Å²) < 4.78 is 5.36. The molecule has 0 atom stereocenters. The molecule has 5 heteroatoms. The van der Waals surface area contributed by atoms with Crippen LogP contribution in [-0.2, 0) is 11.2 Å².